The van der Waals surface area contributed by atoms with Crippen molar-refractivity contribution >= 4 is 45.9 Å². The molecule has 9 nitrogen and oxygen atoms in total. The van der Waals surface area contributed by atoms with Crippen LogP contribution in [-0.4, -0.2) is 40.1 Å². The van der Waals surface area contributed by atoms with Crippen LogP contribution in [-0.2, 0) is 35.3 Å². The minimum atomic E-state index is -1.57. The van der Waals surface area contributed by atoms with Crippen LogP contribution in [0, 0.1) is 0 Å². The van der Waals surface area contributed by atoms with E-state index < -0.39 is 36.3 Å². The molecule has 3 rings (SSSR count). The van der Waals surface area contributed by atoms with Crippen LogP contribution in [0.1, 0.15) is 65.0 Å². The van der Waals surface area contributed by atoms with E-state index in [2.05, 4.69) is 16.0 Å². The van der Waals surface area contributed by atoms with E-state index in [9.17, 15) is 24.3 Å². The monoisotopic (exact) mass is 487 g/mol. The molecule has 0 bridgehead atoms. The highest BCUT2D eigenvalue weighted by atomic mass is 32.1. The largest absolute Gasteiger partial charge is 0.481 e. The highest BCUT2D eigenvalue weighted by molar-refractivity contribution is 7.17. The molecule has 1 aromatic carbocycles. The second-order valence-electron chi connectivity index (χ2n) is 8.11. The number of urea groups is 1. The predicted molar refractivity (Wildman–Crippen MR) is 130 cm³/mol. The number of nitrogens with one attached hydrogen (secondary N) is 3. The molecular formula is C24H29N3O6S. The zero-order valence-corrected chi connectivity index (χ0v) is 20.0. The first-order valence-electron chi connectivity index (χ1n) is 11.3. The summed E-state index contributed by atoms with van der Waals surface area (Å²) in [5.74, 6) is -3.47. The first-order chi connectivity index (χ1) is 16.2. The van der Waals surface area contributed by atoms with Crippen LogP contribution in [0.5, 0.6) is 0 Å². The van der Waals surface area contributed by atoms with Gasteiger partial charge in [0.05, 0.1) is 12.0 Å². The molecule has 0 spiro atoms. The summed E-state index contributed by atoms with van der Waals surface area (Å²) in [5, 5.41) is 26.7. The SMILES string of the molecule is CCc1cccc(CC)c1NC(=O)Nc1sc2c(c1C(=O)N[C@@H](CC(=O)O)C(=O)O)CCCC2. The molecule has 10 heteroatoms. The van der Waals surface area contributed by atoms with Crippen LogP contribution < -0.4 is 16.0 Å². The Kier molecular flexibility index (Phi) is 8.27. The quantitative estimate of drug-likeness (QED) is 0.361. The third kappa shape index (κ3) is 5.74. The topological polar surface area (TPSA) is 145 Å². The van der Waals surface area contributed by atoms with Crippen LogP contribution in [0.15, 0.2) is 18.2 Å². The summed E-state index contributed by atoms with van der Waals surface area (Å²) in [6.45, 7) is 4.01. The summed E-state index contributed by atoms with van der Waals surface area (Å²) in [6, 6.07) is 3.78. The van der Waals surface area contributed by atoms with Gasteiger partial charge in [0.2, 0.25) is 0 Å². The summed E-state index contributed by atoms with van der Waals surface area (Å²) in [6.07, 6.45) is 3.96. The van der Waals surface area contributed by atoms with Gasteiger partial charge in [0, 0.05) is 10.6 Å². The van der Waals surface area contributed by atoms with Crippen molar-refractivity contribution in [3.8, 4) is 0 Å². The highest BCUT2D eigenvalue weighted by Gasteiger charge is 2.30. The number of carboxylic acid groups (broad SMARTS) is 2. The number of carbonyl (C=O) groups excluding carboxylic acids is 2. The van der Waals surface area contributed by atoms with Crippen LogP contribution >= 0.6 is 11.3 Å². The molecule has 0 saturated carbocycles. The van der Waals surface area contributed by atoms with E-state index in [1.165, 1.54) is 11.3 Å². The molecule has 3 amide bonds. The van der Waals surface area contributed by atoms with Gasteiger partial charge in [-0.2, -0.15) is 0 Å². The van der Waals surface area contributed by atoms with Crippen LogP contribution in [0.25, 0.3) is 0 Å². The molecule has 0 fully saturated rings. The maximum Gasteiger partial charge on any atom is 0.326 e. The van der Waals surface area contributed by atoms with Gasteiger partial charge in [-0.3, -0.25) is 14.9 Å². The molecule has 1 aliphatic rings. The van der Waals surface area contributed by atoms with Gasteiger partial charge >= 0.3 is 18.0 Å². The number of carbonyl (C=O) groups is 4. The van der Waals surface area contributed by atoms with E-state index in [4.69, 9.17) is 5.11 Å². The fraction of sp³-hybridized carbons (Fsp3) is 0.417. The van der Waals surface area contributed by atoms with Gasteiger partial charge in [0.25, 0.3) is 5.91 Å². The van der Waals surface area contributed by atoms with Crippen molar-refractivity contribution in [2.24, 2.45) is 0 Å². The fourth-order valence-corrected chi connectivity index (χ4v) is 5.43. The van der Waals surface area contributed by atoms with Gasteiger partial charge in [0.15, 0.2) is 0 Å². The van der Waals surface area contributed by atoms with Crippen LogP contribution in [0.4, 0.5) is 15.5 Å². The molecular weight excluding hydrogens is 458 g/mol. The van der Waals surface area contributed by atoms with Crippen molar-refractivity contribution in [3.63, 3.8) is 0 Å². The van der Waals surface area contributed by atoms with Gasteiger partial charge < -0.3 is 20.8 Å². The second kappa shape index (κ2) is 11.1. The molecule has 0 aliphatic heterocycles. The van der Waals surface area contributed by atoms with Gasteiger partial charge in [0.1, 0.15) is 11.0 Å². The minimum absolute atomic E-state index is 0.214. The van der Waals surface area contributed by atoms with Crippen molar-refractivity contribution in [1.82, 2.24) is 5.32 Å². The number of hydrogen-bond acceptors (Lipinski definition) is 5. The van der Waals surface area contributed by atoms with Crippen molar-refractivity contribution in [3.05, 3.63) is 45.3 Å². The molecule has 0 saturated heterocycles. The molecule has 5 N–H and O–H groups in total. The number of hydrogen-bond donors (Lipinski definition) is 5. The van der Waals surface area contributed by atoms with E-state index in [-0.39, 0.29) is 5.56 Å². The number of aryl methyl sites for hydroxylation is 3. The number of aliphatic carboxylic acids is 2. The van der Waals surface area contributed by atoms with E-state index >= 15 is 0 Å². The normalized spacial score (nSPS) is 13.5. The maximum absolute atomic E-state index is 13.1. The molecule has 1 aromatic heterocycles. The molecule has 2 aromatic rings. The first-order valence-corrected chi connectivity index (χ1v) is 12.2. The third-order valence-corrected chi connectivity index (χ3v) is 7.05. The number of fused-ring (bicyclic) bond motifs is 1. The Balaban J connectivity index is 1.89. The van der Waals surface area contributed by atoms with Crippen molar-refractivity contribution in [2.75, 3.05) is 10.6 Å². The summed E-state index contributed by atoms with van der Waals surface area (Å²) in [4.78, 5) is 49.5. The van der Waals surface area contributed by atoms with Crippen molar-refractivity contribution < 1.29 is 29.4 Å². The molecule has 1 atom stereocenters. The number of amides is 3. The highest BCUT2D eigenvalue weighted by Crippen LogP contribution is 2.38. The van der Waals surface area contributed by atoms with Crippen LogP contribution in [0.3, 0.4) is 0 Å². The number of thiophene rings is 1. The molecule has 0 unspecified atom stereocenters. The van der Waals surface area contributed by atoms with Crippen molar-refractivity contribution in [1.29, 1.82) is 0 Å². The minimum Gasteiger partial charge on any atom is -0.481 e. The number of carboxylic acids is 2. The fourth-order valence-electron chi connectivity index (χ4n) is 4.15. The van der Waals surface area contributed by atoms with Gasteiger partial charge in [-0.25, -0.2) is 9.59 Å². The van der Waals surface area contributed by atoms with Gasteiger partial charge in [-0.1, -0.05) is 32.0 Å². The lowest BCUT2D eigenvalue weighted by Gasteiger charge is -2.17. The Morgan fingerprint density at radius 2 is 1.65 bits per heavy atom. The Labute approximate surface area is 201 Å². The lowest BCUT2D eigenvalue weighted by atomic mass is 9.95. The average molecular weight is 488 g/mol. The number of rotatable bonds is 9. The Hall–Kier alpha value is -3.40. The Morgan fingerprint density at radius 1 is 1.00 bits per heavy atom. The molecule has 34 heavy (non-hydrogen) atoms. The number of benzene rings is 1. The molecule has 0 radical (unpaired) electrons. The smallest absolute Gasteiger partial charge is 0.326 e. The molecule has 1 aliphatic carbocycles. The maximum atomic E-state index is 13.1. The lowest BCUT2D eigenvalue weighted by molar-refractivity contribution is -0.145. The zero-order valence-electron chi connectivity index (χ0n) is 19.2. The third-order valence-electron chi connectivity index (χ3n) is 5.84. The summed E-state index contributed by atoms with van der Waals surface area (Å²) < 4.78 is 0. The van der Waals surface area contributed by atoms with E-state index in [1.54, 1.807) is 0 Å². The Morgan fingerprint density at radius 3 is 2.24 bits per heavy atom. The van der Waals surface area contributed by atoms with E-state index in [0.29, 0.717) is 11.4 Å². The first kappa shape index (κ1) is 25.2. The lowest BCUT2D eigenvalue weighted by Crippen LogP contribution is -2.42. The van der Waals surface area contributed by atoms with Crippen molar-refractivity contribution in [2.45, 2.75) is 64.8 Å². The Bertz CT molecular complexity index is 1090. The van der Waals surface area contributed by atoms with Crippen LogP contribution in [0.2, 0.25) is 0 Å². The number of para-hydroxylation sites is 1. The second-order valence-corrected chi connectivity index (χ2v) is 9.22. The van der Waals surface area contributed by atoms with Gasteiger partial charge in [-0.05, 0) is 55.2 Å². The van der Waals surface area contributed by atoms with E-state index in [1.807, 2.05) is 32.0 Å². The summed E-state index contributed by atoms with van der Waals surface area (Å²) in [5.41, 5.74) is 3.73. The predicted octanol–water partition coefficient (Wildman–Crippen LogP) is 4.05. The number of anilines is 2. The standard InChI is InChI=1S/C24H29N3O6S/c1-3-13-8-7-9-14(4-2)20(13)26-24(33)27-22-19(15-10-5-6-11-17(15)34-22)21(30)25-16(23(31)32)12-18(28)29/h7-9,16H,3-6,10-12H2,1-2H3,(H,25,30)(H,28,29)(H,31,32)(H2,26,27,33)/t16-/m0/s1. The van der Waals surface area contributed by atoms with Gasteiger partial charge in [-0.15, -0.1) is 11.3 Å². The summed E-state index contributed by atoms with van der Waals surface area (Å²) in [7, 11) is 0. The zero-order chi connectivity index (χ0) is 24.8. The summed E-state index contributed by atoms with van der Waals surface area (Å²) >= 11 is 1.30. The molecule has 182 valence electrons. The average Bonchev–Trinajstić information content (AvgIpc) is 3.15. The van der Waals surface area contributed by atoms with E-state index in [0.717, 1.165) is 59.4 Å². The molecule has 1 heterocycles.